The van der Waals surface area contributed by atoms with Crippen molar-refractivity contribution >= 4 is 17.5 Å². The summed E-state index contributed by atoms with van der Waals surface area (Å²) in [5.41, 5.74) is 1.46. The van der Waals surface area contributed by atoms with Gasteiger partial charge in [0.1, 0.15) is 0 Å². The van der Waals surface area contributed by atoms with Crippen LogP contribution in [0.4, 0.5) is 0 Å². The van der Waals surface area contributed by atoms with Gasteiger partial charge in [-0.05, 0) is 18.2 Å². The second kappa shape index (κ2) is 8.77. The number of benzene rings is 2. The Morgan fingerprint density at radius 2 is 1.74 bits per heavy atom. The van der Waals surface area contributed by atoms with Crippen LogP contribution >= 0.6 is 11.6 Å². The van der Waals surface area contributed by atoms with Gasteiger partial charge in [0.25, 0.3) is 5.91 Å². The highest BCUT2D eigenvalue weighted by atomic mass is 35.5. The minimum Gasteiger partial charge on any atom is -0.395 e. The number of hydrogen-bond acceptors (Lipinski definition) is 5. The summed E-state index contributed by atoms with van der Waals surface area (Å²) >= 11 is 6.10. The highest BCUT2D eigenvalue weighted by Gasteiger charge is 2.23. The predicted molar refractivity (Wildman–Crippen MR) is 102 cm³/mol. The molecule has 2 N–H and O–H groups in total. The summed E-state index contributed by atoms with van der Waals surface area (Å²) in [6, 6.07) is 16.5. The molecule has 7 nitrogen and oxygen atoms in total. The summed E-state index contributed by atoms with van der Waals surface area (Å²) in [5, 5.41) is 23.3. The van der Waals surface area contributed by atoms with E-state index in [1.807, 2.05) is 36.4 Å². The Morgan fingerprint density at radius 1 is 1.04 bits per heavy atom. The minimum absolute atomic E-state index is 0.0178. The molecule has 0 aliphatic carbocycles. The molecule has 0 fully saturated rings. The molecule has 3 aromatic rings. The van der Waals surface area contributed by atoms with Crippen molar-refractivity contribution in [2.45, 2.75) is 0 Å². The lowest BCUT2D eigenvalue weighted by Crippen LogP contribution is -2.36. The third-order valence-electron chi connectivity index (χ3n) is 3.91. The van der Waals surface area contributed by atoms with Crippen LogP contribution in [0.3, 0.4) is 0 Å². The Labute approximate surface area is 161 Å². The van der Waals surface area contributed by atoms with Gasteiger partial charge < -0.3 is 15.1 Å². The van der Waals surface area contributed by atoms with Crippen LogP contribution in [0.5, 0.6) is 0 Å². The van der Waals surface area contributed by atoms with E-state index in [0.29, 0.717) is 16.5 Å². The van der Waals surface area contributed by atoms with E-state index in [4.69, 9.17) is 21.8 Å². The van der Waals surface area contributed by atoms with Crippen LogP contribution in [0.2, 0.25) is 5.02 Å². The average Bonchev–Trinajstić information content (AvgIpc) is 3.13. The zero-order valence-electron chi connectivity index (χ0n) is 14.5. The first kappa shape index (κ1) is 19.0. The highest BCUT2D eigenvalue weighted by Crippen LogP contribution is 2.23. The molecule has 140 valence electrons. The fraction of sp³-hybridized carbons (Fsp3) is 0.211. The van der Waals surface area contributed by atoms with Crippen molar-refractivity contribution in [3.8, 4) is 17.1 Å². The second-order valence-corrected chi connectivity index (χ2v) is 6.19. The van der Waals surface area contributed by atoms with E-state index in [1.54, 1.807) is 22.9 Å². The molecule has 1 heterocycles. The number of carbonyl (C=O) groups excluding carboxylic acids is 1. The molecule has 8 heteroatoms. The van der Waals surface area contributed by atoms with Crippen molar-refractivity contribution in [1.29, 1.82) is 0 Å². The number of rotatable bonds is 7. The van der Waals surface area contributed by atoms with E-state index in [2.05, 4.69) is 10.1 Å². The van der Waals surface area contributed by atoms with E-state index in [1.165, 1.54) is 4.90 Å². The molecule has 1 aromatic heterocycles. The maximum Gasteiger partial charge on any atom is 0.293 e. The van der Waals surface area contributed by atoms with Gasteiger partial charge in [0.2, 0.25) is 5.82 Å². The molecule has 0 spiro atoms. The SMILES string of the molecule is O=C(c1nc(-c2ccccc2)n(-c2cccc(Cl)c2)n1)N(CCO)CCO. The van der Waals surface area contributed by atoms with Gasteiger partial charge in [-0.15, -0.1) is 5.10 Å². The fourth-order valence-corrected chi connectivity index (χ4v) is 2.85. The summed E-state index contributed by atoms with van der Waals surface area (Å²) in [6.45, 7) is -0.254. The fourth-order valence-electron chi connectivity index (χ4n) is 2.66. The molecular weight excluding hydrogens is 368 g/mol. The van der Waals surface area contributed by atoms with Gasteiger partial charge in [0.15, 0.2) is 5.82 Å². The van der Waals surface area contributed by atoms with Gasteiger partial charge in [-0.25, -0.2) is 9.67 Å². The topological polar surface area (TPSA) is 91.5 Å². The molecule has 0 unspecified atom stereocenters. The van der Waals surface area contributed by atoms with Crippen LogP contribution in [-0.4, -0.2) is 62.1 Å². The largest absolute Gasteiger partial charge is 0.395 e. The van der Waals surface area contributed by atoms with Crippen molar-refractivity contribution in [2.75, 3.05) is 26.3 Å². The van der Waals surface area contributed by atoms with Gasteiger partial charge in [-0.3, -0.25) is 4.79 Å². The summed E-state index contributed by atoms with van der Waals surface area (Å²) in [4.78, 5) is 18.5. The number of halogens is 1. The van der Waals surface area contributed by atoms with E-state index in [9.17, 15) is 4.79 Å². The van der Waals surface area contributed by atoms with Crippen molar-refractivity contribution in [3.63, 3.8) is 0 Å². The van der Waals surface area contributed by atoms with Crippen LogP contribution in [-0.2, 0) is 0 Å². The molecule has 2 aromatic carbocycles. The number of aromatic nitrogens is 3. The zero-order chi connectivity index (χ0) is 19.2. The molecule has 0 bridgehead atoms. The first-order valence-electron chi connectivity index (χ1n) is 8.43. The van der Waals surface area contributed by atoms with Crippen LogP contribution in [0.1, 0.15) is 10.6 Å². The highest BCUT2D eigenvalue weighted by molar-refractivity contribution is 6.30. The number of aliphatic hydroxyl groups excluding tert-OH is 2. The van der Waals surface area contributed by atoms with E-state index < -0.39 is 5.91 Å². The Morgan fingerprint density at radius 3 is 2.37 bits per heavy atom. The molecule has 0 radical (unpaired) electrons. The monoisotopic (exact) mass is 386 g/mol. The molecule has 1 amide bonds. The normalized spacial score (nSPS) is 10.8. The lowest BCUT2D eigenvalue weighted by Gasteiger charge is -2.18. The van der Waals surface area contributed by atoms with E-state index >= 15 is 0 Å². The number of hydrogen-bond donors (Lipinski definition) is 2. The number of amides is 1. The summed E-state index contributed by atoms with van der Waals surface area (Å²) in [7, 11) is 0. The Bertz CT molecular complexity index is 908. The van der Waals surface area contributed by atoms with Gasteiger partial charge in [0, 0.05) is 23.7 Å². The molecule has 27 heavy (non-hydrogen) atoms. The Kier molecular flexibility index (Phi) is 6.18. The third-order valence-corrected chi connectivity index (χ3v) is 4.15. The summed E-state index contributed by atoms with van der Waals surface area (Å²) < 4.78 is 1.56. The zero-order valence-corrected chi connectivity index (χ0v) is 15.3. The maximum atomic E-state index is 12.8. The first-order chi connectivity index (χ1) is 13.1. The standard InChI is InChI=1S/C19H19ClN4O3/c20-15-7-4-8-16(13-15)24-18(14-5-2-1-3-6-14)21-17(22-24)19(27)23(9-11-25)10-12-26/h1-8,13,25-26H,9-12H2. The summed E-state index contributed by atoms with van der Waals surface area (Å²) in [5.74, 6) is 0.0148. The Balaban J connectivity index is 2.08. The smallest absolute Gasteiger partial charge is 0.293 e. The number of aliphatic hydroxyl groups is 2. The number of nitrogens with zero attached hydrogens (tertiary/aromatic N) is 4. The lowest BCUT2D eigenvalue weighted by molar-refractivity contribution is 0.0673. The molecule has 0 atom stereocenters. The molecule has 0 aliphatic heterocycles. The van der Waals surface area contributed by atoms with Gasteiger partial charge in [-0.1, -0.05) is 48.0 Å². The molecule has 0 saturated heterocycles. The molecule has 0 saturated carbocycles. The van der Waals surface area contributed by atoms with Crippen LogP contribution in [0, 0.1) is 0 Å². The number of carbonyl (C=O) groups is 1. The quantitative estimate of drug-likeness (QED) is 0.648. The van der Waals surface area contributed by atoms with Crippen molar-refractivity contribution in [3.05, 3.63) is 65.4 Å². The van der Waals surface area contributed by atoms with Gasteiger partial charge in [0.05, 0.1) is 18.9 Å². The first-order valence-corrected chi connectivity index (χ1v) is 8.81. The minimum atomic E-state index is -0.462. The molecule has 0 aliphatic rings. The predicted octanol–water partition coefficient (Wildman–Crippen LogP) is 2.01. The molecular formula is C19H19ClN4O3. The second-order valence-electron chi connectivity index (χ2n) is 5.76. The van der Waals surface area contributed by atoms with Crippen LogP contribution in [0.15, 0.2) is 54.6 Å². The summed E-state index contributed by atoms with van der Waals surface area (Å²) in [6.07, 6.45) is 0. The van der Waals surface area contributed by atoms with Crippen LogP contribution < -0.4 is 0 Å². The van der Waals surface area contributed by atoms with E-state index in [-0.39, 0.29) is 32.1 Å². The van der Waals surface area contributed by atoms with E-state index in [0.717, 1.165) is 5.56 Å². The van der Waals surface area contributed by atoms with Gasteiger partial charge in [-0.2, -0.15) is 0 Å². The maximum absolute atomic E-state index is 12.8. The Hall–Kier alpha value is -2.74. The van der Waals surface area contributed by atoms with Crippen molar-refractivity contribution < 1.29 is 15.0 Å². The molecule has 3 rings (SSSR count). The van der Waals surface area contributed by atoms with Crippen molar-refractivity contribution in [2.24, 2.45) is 0 Å². The van der Waals surface area contributed by atoms with Gasteiger partial charge >= 0.3 is 0 Å². The van der Waals surface area contributed by atoms with Crippen molar-refractivity contribution in [1.82, 2.24) is 19.7 Å². The lowest BCUT2D eigenvalue weighted by atomic mass is 10.2. The van der Waals surface area contributed by atoms with Crippen LogP contribution in [0.25, 0.3) is 17.1 Å². The third kappa shape index (κ3) is 4.33. The average molecular weight is 387 g/mol.